The van der Waals surface area contributed by atoms with Crippen LogP contribution in [0.4, 0.5) is 18.9 Å². The maximum atomic E-state index is 12.6. The molecule has 134 valence electrons. The fourth-order valence-electron chi connectivity index (χ4n) is 2.50. The van der Waals surface area contributed by atoms with E-state index in [-0.39, 0.29) is 6.04 Å². The zero-order valence-electron chi connectivity index (χ0n) is 14.1. The van der Waals surface area contributed by atoms with Gasteiger partial charge in [-0.05, 0) is 54.4 Å². The second kappa shape index (κ2) is 8.34. The Kier molecular flexibility index (Phi) is 6.42. The van der Waals surface area contributed by atoms with Crippen LogP contribution in [0.3, 0.4) is 0 Å². The van der Waals surface area contributed by atoms with Crippen LogP contribution >= 0.6 is 12.2 Å². The van der Waals surface area contributed by atoms with Crippen LogP contribution in [0.1, 0.15) is 37.4 Å². The summed E-state index contributed by atoms with van der Waals surface area (Å²) in [6.07, 6.45) is -3.45. The molecule has 0 fully saturated rings. The molecule has 6 heteroatoms. The molecule has 2 aromatic rings. The third-order valence-electron chi connectivity index (χ3n) is 3.68. The molecular formula is C19H21F3N2S. The maximum absolute atomic E-state index is 12.6. The molecule has 0 radical (unpaired) electrons. The number of hydrogen-bond donors (Lipinski definition) is 2. The van der Waals surface area contributed by atoms with E-state index in [1.807, 2.05) is 30.3 Å². The van der Waals surface area contributed by atoms with E-state index in [9.17, 15) is 13.2 Å². The molecule has 0 heterocycles. The quantitative estimate of drug-likeness (QED) is 0.656. The highest BCUT2D eigenvalue weighted by Gasteiger charge is 2.29. The van der Waals surface area contributed by atoms with Crippen LogP contribution in [0, 0.1) is 5.92 Å². The predicted octanol–water partition coefficient (Wildman–Crippen LogP) is 5.78. The minimum absolute atomic E-state index is 0.0376. The summed E-state index contributed by atoms with van der Waals surface area (Å²) in [5.41, 5.74) is 0.952. The van der Waals surface area contributed by atoms with E-state index in [1.165, 1.54) is 12.1 Å². The van der Waals surface area contributed by atoms with Crippen molar-refractivity contribution in [3.05, 3.63) is 65.7 Å². The van der Waals surface area contributed by atoms with Crippen molar-refractivity contribution >= 4 is 23.0 Å². The summed E-state index contributed by atoms with van der Waals surface area (Å²) in [6, 6.07) is 14.8. The van der Waals surface area contributed by atoms with E-state index in [1.54, 1.807) is 0 Å². The first-order chi connectivity index (χ1) is 11.8. The van der Waals surface area contributed by atoms with Gasteiger partial charge in [0.05, 0.1) is 11.6 Å². The molecule has 0 aromatic heterocycles. The number of benzene rings is 2. The largest absolute Gasteiger partial charge is 0.416 e. The van der Waals surface area contributed by atoms with Crippen molar-refractivity contribution in [2.75, 3.05) is 5.32 Å². The minimum atomic E-state index is -4.34. The summed E-state index contributed by atoms with van der Waals surface area (Å²) in [5, 5.41) is 6.59. The fourth-order valence-corrected chi connectivity index (χ4v) is 2.76. The summed E-state index contributed by atoms with van der Waals surface area (Å²) < 4.78 is 37.8. The van der Waals surface area contributed by atoms with E-state index >= 15 is 0 Å². The van der Waals surface area contributed by atoms with E-state index in [0.717, 1.165) is 24.1 Å². The first-order valence-electron chi connectivity index (χ1n) is 8.05. The Morgan fingerprint density at radius 3 is 2.12 bits per heavy atom. The van der Waals surface area contributed by atoms with Crippen LogP contribution < -0.4 is 10.6 Å². The van der Waals surface area contributed by atoms with Gasteiger partial charge in [-0.15, -0.1) is 0 Å². The van der Waals surface area contributed by atoms with Gasteiger partial charge >= 0.3 is 6.18 Å². The van der Waals surface area contributed by atoms with Gasteiger partial charge in [-0.1, -0.05) is 44.2 Å². The van der Waals surface area contributed by atoms with Crippen LogP contribution in [0.2, 0.25) is 0 Å². The molecular weight excluding hydrogens is 345 g/mol. The Morgan fingerprint density at radius 1 is 1.00 bits per heavy atom. The number of thiocarbonyl (C=S) groups is 1. The van der Waals surface area contributed by atoms with Gasteiger partial charge in [-0.25, -0.2) is 0 Å². The first kappa shape index (κ1) is 19.2. The Bertz CT molecular complexity index is 682. The first-order valence-corrected chi connectivity index (χ1v) is 8.46. The monoisotopic (exact) mass is 366 g/mol. The van der Waals surface area contributed by atoms with E-state index in [2.05, 4.69) is 24.5 Å². The van der Waals surface area contributed by atoms with Crippen molar-refractivity contribution in [1.29, 1.82) is 0 Å². The number of anilines is 1. The van der Waals surface area contributed by atoms with E-state index in [4.69, 9.17) is 12.2 Å². The Balaban J connectivity index is 2.03. The fraction of sp³-hybridized carbons (Fsp3) is 0.316. The zero-order valence-corrected chi connectivity index (χ0v) is 14.9. The number of rotatable bonds is 5. The number of halogens is 3. The lowest BCUT2D eigenvalue weighted by Gasteiger charge is -2.23. The van der Waals surface area contributed by atoms with Gasteiger partial charge < -0.3 is 10.6 Å². The molecule has 2 rings (SSSR count). The zero-order chi connectivity index (χ0) is 18.4. The van der Waals surface area contributed by atoms with E-state index < -0.39 is 11.7 Å². The summed E-state index contributed by atoms with van der Waals surface area (Å²) in [5.74, 6) is 0.464. The van der Waals surface area contributed by atoms with Crippen LogP contribution in [-0.4, -0.2) is 5.11 Å². The highest BCUT2D eigenvalue weighted by atomic mass is 32.1. The highest BCUT2D eigenvalue weighted by Crippen LogP contribution is 2.30. The lowest BCUT2D eigenvalue weighted by molar-refractivity contribution is -0.137. The molecule has 0 aliphatic rings. The lowest BCUT2D eigenvalue weighted by Crippen LogP contribution is -2.33. The molecule has 2 nitrogen and oxygen atoms in total. The third-order valence-corrected chi connectivity index (χ3v) is 3.90. The molecule has 0 bridgehead atoms. The maximum Gasteiger partial charge on any atom is 0.416 e. The summed E-state index contributed by atoms with van der Waals surface area (Å²) >= 11 is 5.33. The molecule has 2 aromatic carbocycles. The molecule has 0 aliphatic heterocycles. The van der Waals surface area contributed by atoms with Crippen molar-refractivity contribution in [2.24, 2.45) is 5.92 Å². The topological polar surface area (TPSA) is 24.1 Å². The molecule has 0 spiro atoms. The molecule has 0 aliphatic carbocycles. The molecule has 2 N–H and O–H groups in total. The van der Waals surface area contributed by atoms with Gasteiger partial charge in [0.25, 0.3) is 0 Å². The van der Waals surface area contributed by atoms with Crippen molar-refractivity contribution in [3.8, 4) is 0 Å². The van der Waals surface area contributed by atoms with Gasteiger partial charge in [-0.3, -0.25) is 0 Å². The minimum Gasteiger partial charge on any atom is -0.356 e. The highest BCUT2D eigenvalue weighted by molar-refractivity contribution is 7.80. The van der Waals surface area contributed by atoms with Crippen molar-refractivity contribution in [2.45, 2.75) is 32.5 Å². The predicted molar refractivity (Wildman–Crippen MR) is 99.4 cm³/mol. The molecule has 25 heavy (non-hydrogen) atoms. The molecule has 0 saturated heterocycles. The molecule has 0 saturated carbocycles. The average Bonchev–Trinajstić information content (AvgIpc) is 2.54. The van der Waals surface area contributed by atoms with Crippen molar-refractivity contribution in [1.82, 2.24) is 5.32 Å². The molecule has 1 atom stereocenters. The SMILES string of the molecule is CC(C)C[C@H](NC(=S)Nc1ccc(C(F)(F)F)cc1)c1ccccc1. The van der Waals surface area contributed by atoms with Crippen LogP contribution in [0.5, 0.6) is 0 Å². The van der Waals surface area contributed by atoms with Gasteiger partial charge in [0.1, 0.15) is 0 Å². The van der Waals surface area contributed by atoms with Gasteiger partial charge in [0, 0.05) is 5.69 Å². The van der Waals surface area contributed by atoms with Crippen LogP contribution in [-0.2, 0) is 6.18 Å². The smallest absolute Gasteiger partial charge is 0.356 e. The van der Waals surface area contributed by atoms with Crippen molar-refractivity contribution < 1.29 is 13.2 Å². The Labute approximate surface area is 151 Å². The normalized spacial score (nSPS) is 12.7. The van der Waals surface area contributed by atoms with Gasteiger partial charge in [-0.2, -0.15) is 13.2 Å². The Morgan fingerprint density at radius 2 is 1.60 bits per heavy atom. The third kappa shape index (κ3) is 6.05. The Hall–Kier alpha value is -2.08. The average molecular weight is 366 g/mol. The second-order valence-electron chi connectivity index (χ2n) is 6.27. The molecule has 0 unspecified atom stereocenters. The van der Waals surface area contributed by atoms with Gasteiger partial charge in [0.15, 0.2) is 5.11 Å². The lowest BCUT2D eigenvalue weighted by atomic mass is 9.97. The standard InChI is InChI=1S/C19H21F3N2S/c1-13(2)12-17(14-6-4-3-5-7-14)24-18(25)23-16-10-8-15(9-11-16)19(20,21)22/h3-11,13,17H,12H2,1-2H3,(H2,23,24,25)/t17-/m0/s1. The summed E-state index contributed by atoms with van der Waals surface area (Å²) in [7, 11) is 0. The number of nitrogens with one attached hydrogen (secondary N) is 2. The van der Waals surface area contributed by atoms with Crippen molar-refractivity contribution in [3.63, 3.8) is 0 Å². The summed E-state index contributed by atoms with van der Waals surface area (Å²) in [4.78, 5) is 0. The van der Waals surface area contributed by atoms with Crippen LogP contribution in [0.25, 0.3) is 0 Å². The number of hydrogen-bond acceptors (Lipinski definition) is 1. The molecule has 0 amide bonds. The summed E-state index contributed by atoms with van der Waals surface area (Å²) in [6.45, 7) is 4.26. The number of alkyl halides is 3. The second-order valence-corrected chi connectivity index (χ2v) is 6.67. The van der Waals surface area contributed by atoms with Crippen LogP contribution in [0.15, 0.2) is 54.6 Å². The van der Waals surface area contributed by atoms with E-state index in [0.29, 0.717) is 16.7 Å². The van der Waals surface area contributed by atoms with Gasteiger partial charge in [0.2, 0.25) is 0 Å².